The van der Waals surface area contributed by atoms with Gasteiger partial charge in [0.25, 0.3) is 5.91 Å². The Bertz CT molecular complexity index is 1030. The van der Waals surface area contributed by atoms with Crippen LogP contribution in [0.3, 0.4) is 0 Å². The van der Waals surface area contributed by atoms with Crippen molar-refractivity contribution < 1.29 is 22.7 Å². The van der Waals surface area contributed by atoms with Gasteiger partial charge in [0.1, 0.15) is 0 Å². The summed E-state index contributed by atoms with van der Waals surface area (Å²) in [4.78, 5) is 27.0. The van der Waals surface area contributed by atoms with E-state index in [9.17, 15) is 18.0 Å². The van der Waals surface area contributed by atoms with Gasteiger partial charge >= 0.3 is 5.97 Å². The zero-order chi connectivity index (χ0) is 22.6. The fourth-order valence-corrected chi connectivity index (χ4v) is 5.83. The molecular formula is C21H25ClN2O5S2. The molecule has 1 saturated heterocycles. The molecule has 0 unspecified atom stereocenters. The van der Waals surface area contributed by atoms with Crippen LogP contribution in [0.5, 0.6) is 0 Å². The Morgan fingerprint density at radius 3 is 2.39 bits per heavy atom. The lowest BCUT2D eigenvalue weighted by molar-refractivity contribution is -0.133. The van der Waals surface area contributed by atoms with Crippen LogP contribution >= 0.6 is 22.9 Å². The van der Waals surface area contributed by atoms with E-state index in [0.717, 1.165) is 17.7 Å². The van der Waals surface area contributed by atoms with Crippen LogP contribution in [0.2, 0.25) is 4.34 Å². The van der Waals surface area contributed by atoms with Crippen molar-refractivity contribution in [3.05, 3.63) is 51.2 Å². The van der Waals surface area contributed by atoms with E-state index in [4.69, 9.17) is 16.3 Å². The summed E-state index contributed by atoms with van der Waals surface area (Å²) in [5, 5.41) is 0. The zero-order valence-electron chi connectivity index (χ0n) is 17.4. The standard InChI is InChI=1S/C21H25ClN2O5S2/c1-15-9-11-24(12-10-15)31(27,28)18-6-3-16(4-7-18)21(26)29-14-20(25)23(2)13-17-5-8-19(22)30-17/h3-8,15H,9-14H2,1-2H3. The number of hydrogen-bond acceptors (Lipinski definition) is 6. The SMILES string of the molecule is CC1CCN(S(=O)(=O)c2ccc(C(=O)OCC(=O)N(C)Cc3ccc(Cl)s3)cc2)CC1. The highest BCUT2D eigenvalue weighted by molar-refractivity contribution is 7.89. The smallest absolute Gasteiger partial charge is 0.338 e. The number of sulfonamides is 1. The topological polar surface area (TPSA) is 84.0 Å². The number of carbonyl (C=O) groups excluding carboxylic acids is 2. The van der Waals surface area contributed by atoms with Crippen molar-refractivity contribution in [3.8, 4) is 0 Å². The maximum Gasteiger partial charge on any atom is 0.338 e. The predicted octanol–water partition coefficient (Wildman–Crippen LogP) is 3.64. The summed E-state index contributed by atoms with van der Waals surface area (Å²) >= 11 is 7.27. The number of esters is 1. The van der Waals surface area contributed by atoms with Gasteiger partial charge in [-0.3, -0.25) is 4.79 Å². The van der Waals surface area contributed by atoms with Crippen LogP contribution in [0.1, 0.15) is 35.0 Å². The summed E-state index contributed by atoms with van der Waals surface area (Å²) in [6.45, 7) is 3.09. The van der Waals surface area contributed by atoms with Crippen LogP contribution in [-0.2, 0) is 26.1 Å². The third kappa shape index (κ3) is 6.06. The van der Waals surface area contributed by atoms with E-state index >= 15 is 0 Å². The van der Waals surface area contributed by atoms with Crippen molar-refractivity contribution in [2.75, 3.05) is 26.7 Å². The van der Waals surface area contributed by atoms with Crippen LogP contribution < -0.4 is 0 Å². The lowest BCUT2D eigenvalue weighted by Crippen LogP contribution is -2.37. The Balaban J connectivity index is 1.54. The molecule has 0 atom stereocenters. The Morgan fingerprint density at radius 1 is 1.16 bits per heavy atom. The van der Waals surface area contributed by atoms with E-state index in [-0.39, 0.29) is 16.4 Å². The number of thiophene rings is 1. The van der Waals surface area contributed by atoms with Crippen molar-refractivity contribution in [3.63, 3.8) is 0 Å². The maximum absolute atomic E-state index is 12.8. The lowest BCUT2D eigenvalue weighted by atomic mass is 10.0. The van der Waals surface area contributed by atoms with Gasteiger partial charge in [-0.2, -0.15) is 4.31 Å². The average molecular weight is 485 g/mol. The van der Waals surface area contributed by atoms with Crippen molar-refractivity contribution >= 4 is 44.8 Å². The summed E-state index contributed by atoms with van der Waals surface area (Å²) in [7, 11) is -1.97. The number of amides is 1. The summed E-state index contributed by atoms with van der Waals surface area (Å²) in [6.07, 6.45) is 1.68. The number of rotatable bonds is 7. The summed E-state index contributed by atoms with van der Waals surface area (Å²) in [6, 6.07) is 9.21. The predicted molar refractivity (Wildman–Crippen MR) is 120 cm³/mol. The van der Waals surface area contributed by atoms with E-state index in [0.29, 0.717) is 29.9 Å². The molecule has 1 aliphatic heterocycles. The first-order valence-electron chi connectivity index (χ1n) is 9.92. The van der Waals surface area contributed by atoms with Gasteiger partial charge in [0.15, 0.2) is 6.61 Å². The second kappa shape index (κ2) is 10.1. The molecule has 0 bridgehead atoms. The van der Waals surface area contributed by atoms with Gasteiger partial charge in [-0.1, -0.05) is 18.5 Å². The molecule has 0 radical (unpaired) electrons. The van der Waals surface area contributed by atoms with Crippen molar-refractivity contribution in [1.29, 1.82) is 0 Å². The number of nitrogens with zero attached hydrogens (tertiary/aromatic N) is 2. The van der Waals surface area contributed by atoms with Crippen molar-refractivity contribution in [2.24, 2.45) is 5.92 Å². The highest BCUT2D eigenvalue weighted by Crippen LogP contribution is 2.24. The Morgan fingerprint density at radius 2 is 1.81 bits per heavy atom. The number of piperidine rings is 1. The molecule has 0 spiro atoms. The van der Waals surface area contributed by atoms with Crippen molar-refractivity contribution in [1.82, 2.24) is 9.21 Å². The zero-order valence-corrected chi connectivity index (χ0v) is 19.8. The molecule has 1 aromatic heterocycles. The Labute approximate surface area is 191 Å². The largest absolute Gasteiger partial charge is 0.452 e. The molecule has 3 rings (SSSR count). The molecule has 2 heterocycles. The third-order valence-electron chi connectivity index (χ3n) is 5.24. The molecule has 31 heavy (non-hydrogen) atoms. The molecule has 7 nitrogen and oxygen atoms in total. The van der Waals surface area contributed by atoms with Gasteiger partial charge in [0.05, 0.1) is 21.3 Å². The minimum Gasteiger partial charge on any atom is -0.452 e. The molecule has 1 amide bonds. The number of carbonyl (C=O) groups is 2. The average Bonchev–Trinajstić information content (AvgIpc) is 3.16. The first-order chi connectivity index (χ1) is 14.7. The molecule has 168 valence electrons. The molecule has 1 aliphatic rings. The van der Waals surface area contributed by atoms with Crippen LogP contribution in [0.15, 0.2) is 41.3 Å². The number of ether oxygens (including phenoxy) is 1. The van der Waals surface area contributed by atoms with Crippen LogP contribution in [-0.4, -0.2) is 56.2 Å². The quantitative estimate of drug-likeness (QED) is 0.560. The highest BCUT2D eigenvalue weighted by Gasteiger charge is 2.28. The molecule has 10 heteroatoms. The monoisotopic (exact) mass is 484 g/mol. The second-order valence-corrected chi connectivity index (χ2v) is 11.4. The van der Waals surface area contributed by atoms with Crippen LogP contribution in [0, 0.1) is 5.92 Å². The number of likely N-dealkylation sites (N-methyl/N-ethyl adjacent to an activating group) is 1. The normalized spacial score (nSPS) is 15.6. The minimum absolute atomic E-state index is 0.143. The van der Waals surface area contributed by atoms with E-state index in [1.54, 1.807) is 13.1 Å². The van der Waals surface area contributed by atoms with Gasteiger partial charge in [0.2, 0.25) is 10.0 Å². The van der Waals surface area contributed by atoms with Gasteiger partial charge in [0, 0.05) is 25.0 Å². The first kappa shape index (κ1) is 23.7. The van der Waals surface area contributed by atoms with Gasteiger partial charge in [-0.05, 0) is 55.2 Å². The van der Waals surface area contributed by atoms with E-state index in [2.05, 4.69) is 6.92 Å². The number of benzene rings is 1. The minimum atomic E-state index is -3.58. The first-order valence-corrected chi connectivity index (χ1v) is 12.6. The maximum atomic E-state index is 12.8. The fourth-order valence-electron chi connectivity index (χ4n) is 3.22. The Kier molecular flexibility index (Phi) is 7.74. The fraction of sp³-hybridized carbons (Fsp3) is 0.429. The van der Waals surface area contributed by atoms with E-state index in [1.807, 2.05) is 6.07 Å². The molecular weight excluding hydrogens is 460 g/mol. The van der Waals surface area contributed by atoms with E-state index in [1.165, 1.54) is 44.8 Å². The molecule has 1 aromatic carbocycles. The summed E-state index contributed by atoms with van der Waals surface area (Å²) < 4.78 is 32.8. The van der Waals surface area contributed by atoms with E-state index < -0.39 is 22.6 Å². The van der Waals surface area contributed by atoms with Crippen LogP contribution in [0.25, 0.3) is 0 Å². The van der Waals surface area contributed by atoms with Gasteiger partial charge in [-0.25, -0.2) is 13.2 Å². The van der Waals surface area contributed by atoms with Crippen molar-refractivity contribution in [2.45, 2.75) is 31.2 Å². The number of hydrogen-bond donors (Lipinski definition) is 0. The van der Waals surface area contributed by atoms with Gasteiger partial charge in [-0.15, -0.1) is 11.3 Å². The number of halogens is 1. The summed E-state index contributed by atoms with van der Waals surface area (Å²) in [5.41, 5.74) is 0.187. The molecule has 0 N–H and O–H groups in total. The molecule has 0 aliphatic carbocycles. The Hall–Kier alpha value is -1.94. The molecule has 2 aromatic rings. The molecule has 1 fully saturated rings. The third-order valence-corrected chi connectivity index (χ3v) is 8.37. The second-order valence-electron chi connectivity index (χ2n) is 7.64. The van der Waals surface area contributed by atoms with Gasteiger partial charge < -0.3 is 9.64 Å². The molecule has 0 saturated carbocycles. The lowest BCUT2D eigenvalue weighted by Gasteiger charge is -2.29. The summed E-state index contributed by atoms with van der Waals surface area (Å²) in [5.74, 6) is -0.512. The highest BCUT2D eigenvalue weighted by atomic mass is 35.5. The van der Waals surface area contributed by atoms with Crippen LogP contribution in [0.4, 0.5) is 0 Å².